The number of carbonyl (C=O) groups excluding carboxylic acids is 1. The molecule has 0 spiro atoms. The molecule has 0 bridgehead atoms. The molecule has 0 aromatic carbocycles. The van der Waals surface area contributed by atoms with Gasteiger partial charge in [-0.2, -0.15) is 0 Å². The second-order valence-corrected chi connectivity index (χ2v) is 7.20. The van der Waals surface area contributed by atoms with Crippen molar-refractivity contribution in [3.8, 4) is 0 Å². The summed E-state index contributed by atoms with van der Waals surface area (Å²) in [6.45, 7) is 12.0. The Morgan fingerprint density at radius 3 is 1.90 bits per heavy atom. The maximum absolute atomic E-state index is 13.1. The quantitative estimate of drug-likeness (QED) is 0.381. The van der Waals surface area contributed by atoms with Gasteiger partial charge in [0.05, 0.1) is 13.2 Å². The Kier molecular flexibility index (Phi) is 10.1. The van der Waals surface area contributed by atoms with E-state index in [0.29, 0.717) is 11.7 Å². The van der Waals surface area contributed by atoms with E-state index in [1.165, 1.54) is 0 Å². The van der Waals surface area contributed by atoms with Crippen molar-refractivity contribution in [3.63, 3.8) is 0 Å². The predicted molar refractivity (Wildman–Crippen MR) is 87.5 cm³/mol. The number of hydrogen-bond acceptors (Lipinski definition) is 4. The molecule has 0 heterocycles. The molecule has 0 aliphatic rings. The van der Waals surface area contributed by atoms with E-state index in [2.05, 4.69) is 6.92 Å². The van der Waals surface area contributed by atoms with Crippen molar-refractivity contribution in [1.82, 2.24) is 0 Å². The molecule has 0 fully saturated rings. The zero-order chi connectivity index (χ0) is 16.5. The van der Waals surface area contributed by atoms with E-state index in [0.717, 1.165) is 24.8 Å². The molecule has 0 aromatic heterocycles. The third-order valence-electron chi connectivity index (χ3n) is 3.26. The third-order valence-corrected chi connectivity index (χ3v) is 5.54. The number of allylic oxidation sites excluding steroid dienone is 2. The molecule has 0 N–H and O–H groups in total. The van der Waals surface area contributed by atoms with Crippen LogP contribution in [0, 0.1) is 5.92 Å². The predicted octanol–water partition coefficient (Wildman–Crippen LogP) is 5.33. The van der Waals surface area contributed by atoms with Crippen LogP contribution in [0.15, 0.2) is 10.9 Å². The van der Waals surface area contributed by atoms with Gasteiger partial charge in [-0.3, -0.25) is 9.36 Å². The highest BCUT2D eigenvalue weighted by atomic mass is 31.2. The smallest absolute Gasteiger partial charge is 0.305 e. The summed E-state index contributed by atoms with van der Waals surface area (Å²) in [7, 11) is -3.52. The van der Waals surface area contributed by atoms with Crippen LogP contribution in [0.25, 0.3) is 0 Å². The van der Waals surface area contributed by atoms with Crippen LogP contribution in [-0.4, -0.2) is 19.0 Å². The van der Waals surface area contributed by atoms with E-state index in [4.69, 9.17) is 9.05 Å². The number of Topliss-reactive ketones (excluding diaryl/α,β-unsaturated/α-hetero) is 1. The monoisotopic (exact) mass is 318 g/mol. The molecule has 0 aliphatic heterocycles. The fourth-order valence-electron chi connectivity index (χ4n) is 2.23. The largest absolute Gasteiger partial charge is 0.364 e. The van der Waals surface area contributed by atoms with Crippen LogP contribution in [0.1, 0.15) is 67.2 Å². The number of hydrogen-bond donors (Lipinski definition) is 0. The lowest BCUT2D eigenvalue weighted by atomic mass is 9.96. The van der Waals surface area contributed by atoms with Crippen molar-refractivity contribution in [2.24, 2.45) is 5.92 Å². The first-order valence-electron chi connectivity index (χ1n) is 8.03. The Balaban J connectivity index is 6.00. The second-order valence-electron chi connectivity index (χ2n) is 5.24. The molecule has 4 nitrogen and oxygen atoms in total. The van der Waals surface area contributed by atoms with Gasteiger partial charge in [-0.15, -0.1) is 0 Å². The highest BCUT2D eigenvalue weighted by Gasteiger charge is 2.36. The molecule has 21 heavy (non-hydrogen) atoms. The molecule has 0 amide bonds. The molecule has 0 saturated heterocycles. The Hall–Kier alpha value is -0.440. The van der Waals surface area contributed by atoms with Crippen LogP contribution < -0.4 is 0 Å². The lowest BCUT2D eigenvalue weighted by Gasteiger charge is -2.24. The fourth-order valence-corrected chi connectivity index (χ4v) is 4.43. The summed E-state index contributed by atoms with van der Waals surface area (Å²) in [5.41, 5.74) is 0.925. The molecular formula is C16H31O4P. The van der Waals surface area contributed by atoms with E-state index in [9.17, 15) is 9.36 Å². The van der Waals surface area contributed by atoms with Crippen molar-refractivity contribution in [2.75, 3.05) is 13.2 Å². The van der Waals surface area contributed by atoms with Crippen molar-refractivity contribution < 1.29 is 18.4 Å². The van der Waals surface area contributed by atoms with Gasteiger partial charge >= 0.3 is 7.60 Å². The maximum atomic E-state index is 13.1. The molecule has 0 unspecified atom stereocenters. The van der Waals surface area contributed by atoms with Gasteiger partial charge in [0.15, 0.2) is 5.78 Å². The van der Waals surface area contributed by atoms with Gasteiger partial charge in [0.1, 0.15) is 5.31 Å². The lowest BCUT2D eigenvalue weighted by molar-refractivity contribution is -0.114. The first-order chi connectivity index (χ1) is 9.87. The van der Waals surface area contributed by atoms with Crippen LogP contribution in [0.3, 0.4) is 0 Å². The zero-order valence-electron chi connectivity index (χ0n) is 14.4. The Morgan fingerprint density at radius 1 is 1.05 bits per heavy atom. The first-order valence-corrected chi connectivity index (χ1v) is 9.57. The second kappa shape index (κ2) is 10.3. The summed E-state index contributed by atoms with van der Waals surface area (Å²) >= 11 is 0. The van der Waals surface area contributed by atoms with Crippen molar-refractivity contribution in [1.29, 1.82) is 0 Å². The summed E-state index contributed by atoms with van der Waals surface area (Å²) in [4.78, 5) is 12.4. The van der Waals surface area contributed by atoms with Crippen LogP contribution in [0.5, 0.6) is 0 Å². The van der Waals surface area contributed by atoms with Gasteiger partial charge in [-0.05, 0) is 38.2 Å². The summed E-state index contributed by atoms with van der Waals surface area (Å²) in [6, 6.07) is 0. The summed E-state index contributed by atoms with van der Waals surface area (Å²) in [6.07, 6.45) is 3.06. The van der Waals surface area contributed by atoms with E-state index in [1.54, 1.807) is 20.8 Å². The first kappa shape index (κ1) is 20.6. The third kappa shape index (κ3) is 6.06. The maximum Gasteiger partial charge on any atom is 0.364 e. The minimum absolute atomic E-state index is 0.125. The van der Waals surface area contributed by atoms with Crippen molar-refractivity contribution in [3.05, 3.63) is 10.9 Å². The summed E-state index contributed by atoms with van der Waals surface area (Å²) < 4.78 is 23.9. The number of ketones is 1. The Labute approximate surface area is 129 Å². The molecular weight excluding hydrogens is 287 g/mol. The normalized spacial score (nSPS) is 13.5. The SMILES string of the molecule is CCCC/C(=C(/C(=O)CC)P(=O)(OCC)OCC)C(C)C. The van der Waals surface area contributed by atoms with Crippen LogP contribution in [0.4, 0.5) is 0 Å². The van der Waals surface area contributed by atoms with Crippen molar-refractivity contribution in [2.45, 2.75) is 67.2 Å². The number of rotatable bonds is 11. The van der Waals surface area contributed by atoms with Gasteiger partial charge in [0.25, 0.3) is 0 Å². The zero-order valence-corrected chi connectivity index (χ0v) is 15.3. The fraction of sp³-hybridized carbons (Fsp3) is 0.812. The van der Waals surface area contributed by atoms with Gasteiger partial charge in [-0.25, -0.2) is 0 Å². The minimum Gasteiger partial charge on any atom is -0.305 e. The average Bonchev–Trinajstić information content (AvgIpc) is 2.42. The van der Waals surface area contributed by atoms with Crippen LogP contribution in [-0.2, 0) is 18.4 Å². The molecule has 5 heteroatoms. The Morgan fingerprint density at radius 2 is 1.57 bits per heavy atom. The number of carbonyl (C=O) groups is 1. The van der Waals surface area contributed by atoms with E-state index in [-0.39, 0.29) is 24.9 Å². The molecule has 0 saturated carbocycles. The molecule has 0 aromatic rings. The Bertz CT molecular complexity index is 389. The molecule has 0 atom stereocenters. The minimum atomic E-state index is -3.52. The molecule has 0 rings (SSSR count). The van der Waals surface area contributed by atoms with Gasteiger partial charge in [-0.1, -0.05) is 34.1 Å². The van der Waals surface area contributed by atoms with Crippen molar-refractivity contribution >= 4 is 13.4 Å². The standard InChI is InChI=1S/C16H31O4P/c1-7-11-12-14(13(5)6)16(15(17)8-2)21(18,19-9-3)20-10-4/h13H,7-12H2,1-6H3/b16-14+. The molecule has 124 valence electrons. The average molecular weight is 318 g/mol. The highest BCUT2D eigenvalue weighted by molar-refractivity contribution is 7.60. The summed E-state index contributed by atoms with van der Waals surface area (Å²) in [5.74, 6) is 0.0244. The highest BCUT2D eigenvalue weighted by Crippen LogP contribution is 2.58. The number of unbranched alkanes of at least 4 members (excludes halogenated alkanes) is 1. The van der Waals surface area contributed by atoms with Gasteiger partial charge in [0, 0.05) is 6.42 Å². The summed E-state index contributed by atoms with van der Waals surface area (Å²) in [5, 5.41) is 0.303. The van der Waals surface area contributed by atoms with Crippen LogP contribution in [0.2, 0.25) is 0 Å². The topological polar surface area (TPSA) is 52.6 Å². The van der Waals surface area contributed by atoms with Crippen LogP contribution >= 0.6 is 7.60 Å². The van der Waals surface area contributed by atoms with E-state index < -0.39 is 7.60 Å². The molecule has 0 radical (unpaired) electrons. The van der Waals surface area contributed by atoms with Gasteiger partial charge < -0.3 is 9.05 Å². The van der Waals surface area contributed by atoms with E-state index in [1.807, 2.05) is 13.8 Å². The lowest BCUT2D eigenvalue weighted by Crippen LogP contribution is -2.13. The van der Waals surface area contributed by atoms with Gasteiger partial charge in [0.2, 0.25) is 0 Å². The van der Waals surface area contributed by atoms with E-state index >= 15 is 0 Å². The molecule has 0 aliphatic carbocycles.